The molecule has 0 spiro atoms. The average Bonchev–Trinajstić information content (AvgIpc) is 2.72. The van der Waals surface area contributed by atoms with E-state index in [-0.39, 0.29) is 0 Å². The van der Waals surface area contributed by atoms with Crippen LogP contribution in [-0.2, 0) is 0 Å². The van der Waals surface area contributed by atoms with Crippen LogP contribution in [0, 0.1) is 17.8 Å². The summed E-state index contributed by atoms with van der Waals surface area (Å²) >= 11 is 0. The van der Waals surface area contributed by atoms with Crippen LogP contribution in [0.5, 0.6) is 0 Å². The number of allylic oxidation sites excluding steroid dienone is 3. The van der Waals surface area contributed by atoms with Crippen molar-refractivity contribution in [1.29, 1.82) is 0 Å². The molecule has 0 radical (unpaired) electrons. The molecule has 0 nitrogen and oxygen atoms in total. The summed E-state index contributed by atoms with van der Waals surface area (Å²) in [4.78, 5) is 0. The molecule has 2 atom stereocenters. The number of hydrogen-bond donors (Lipinski definition) is 0. The van der Waals surface area contributed by atoms with Gasteiger partial charge in [0, 0.05) is 0 Å². The fourth-order valence-corrected chi connectivity index (χ4v) is 2.77. The molecule has 1 aliphatic rings. The smallest absolute Gasteiger partial charge is 0.0176 e. The Morgan fingerprint density at radius 3 is 2.53 bits per heavy atom. The molecular formula is C15H26. The van der Waals surface area contributed by atoms with Crippen molar-refractivity contribution in [2.75, 3.05) is 0 Å². The molecule has 1 aliphatic carbocycles. The van der Waals surface area contributed by atoms with Gasteiger partial charge in [0.15, 0.2) is 0 Å². The molecule has 1 saturated carbocycles. The SMILES string of the molecule is C=CC(CCC1CCCC1)C(C)/C=C/C. The lowest BCUT2D eigenvalue weighted by molar-refractivity contribution is 0.395. The third-order valence-electron chi connectivity index (χ3n) is 3.86. The number of rotatable bonds is 6. The number of hydrogen-bond acceptors (Lipinski definition) is 0. The summed E-state index contributed by atoms with van der Waals surface area (Å²) in [5.74, 6) is 2.36. The fraction of sp³-hybridized carbons (Fsp3) is 0.733. The second kappa shape index (κ2) is 6.87. The molecule has 0 aromatic carbocycles. The first-order valence-electron chi connectivity index (χ1n) is 6.53. The first kappa shape index (κ1) is 12.5. The molecule has 0 aromatic heterocycles. The first-order valence-corrected chi connectivity index (χ1v) is 6.53. The Morgan fingerprint density at radius 1 is 1.33 bits per heavy atom. The zero-order chi connectivity index (χ0) is 11.1. The highest BCUT2D eigenvalue weighted by atomic mass is 14.2. The molecule has 86 valence electrons. The second-order valence-corrected chi connectivity index (χ2v) is 5.01. The standard InChI is InChI=1S/C15H26/c1-4-8-13(3)15(5-2)12-11-14-9-6-7-10-14/h4-5,8,13-15H,2,6-7,9-12H2,1,3H3/b8-4+. The minimum atomic E-state index is 0.661. The normalized spacial score (nSPS) is 22.0. The van der Waals surface area contributed by atoms with Crippen molar-refractivity contribution in [3.8, 4) is 0 Å². The third kappa shape index (κ3) is 4.24. The predicted octanol–water partition coefficient (Wildman–Crippen LogP) is 4.97. The van der Waals surface area contributed by atoms with Crippen molar-refractivity contribution < 1.29 is 0 Å². The van der Waals surface area contributed by atoms with Crippen LogP contribution in [0.25, 0.3) is 0 Å². The molecule has 0 aliphatic heterocycles. The lowest BCUT2D eigenvalue weighted by Gasteiger charge is -2.19. The highest BCUT2D eigenvalue weighted by Crippen LogP contribution is 2.31. The lowest BCUT2D eigenvalue weighted by atomic mass is 9.86. The molecule has 0 bridgehead atoms. The Hall–Kier alpha value is -0.520. The van der Waals surface area contributed by atoms with Crippen molar-refractivity contribution in [2.45, 2.75) is 52.4 Å². The van der Waals surface area contributed by atoms with E-state index in [9.17, 15) is 0 Å². The largest absolute Gasteiger partial charge is 0.103 e. The zero-order valence-corrected chi connectivity index (χ0v) is 10.4. The topological polar surface area (TPSA) is 0 Å². The van der Waals surface area contributed by atoms with Crippen LogP contribution in [0.1, 0.15) is 52.4 Å². The van der Waals surface area contributed by atoms with Gasteiger partial charge in [-0.25, -0.2) is 0 Å². The van der Waals surface area contributed by atoms with Crippen LogP contribution >= 0.6 is 0 Å². The molecule has 15 heavy (non-hydrogen) atoms. The van der Waals surface area contributed by atoms with Crippen LogP contribution in [-0.4, -0.2) is 0 Å². The van der Waals surface area contributed by atoms with Crippen LogP contribution in [0.2, 0.25) is 0 Å². The van der Waals surface area contributed by atoms with E-state index in [1.165, 1.54) is 38.5 Å². The Morgan fingerprint density at radius 2 is 2.00 bits per heavy atom. The zero-order valence-electron chi connectivity index (χ0n) is 10.4. The van der Waals surface area contributed by atoms with Crippen molar-refractivity contribution >= 4 is 0 Å². The van der Waals surface area contributed by atoms with E-state index in [0.29, 0.717) is 11.8 Å². The summed E-state index contributed by atoms with van der Waals surface area (Å²) in [6.07, 6.45) is 15.3. The van der Waals surface area contributed by atoms with Gasteiger partial charge in [-0.3, -0.25) is 0 Å². The Labute approximate surface area is 95.5 Å². The summed E-state index contributed by atoms with van der Waals surface area (Å²) in [6, 6.07) is 0. The van der Waals surface area contributed by atoms with E-state index in [4.69, 9.17) is 0 Å². The Kier molecular flexibility index (Phi) is 5.75. The van der Waals surface area contributed by atoms with Gasteiger partial charge in [-0.2, -0.15) is 0 Å². The molecule has 0 N–H and O–H groups in total. The summed E-state index contributed by atoms with van der Waals surface area (Å²) < 4.78 is 0. The summed E-state index contributed by atoms with van der Waals surface area (Å²) in [5, 5.41) is 0. The predicted molar refractivity (Wildman–Crippen MR) is 68.9 cm³/mol. The molecule has 0 heterocycles. The van der Waals surface area contributed by atoms with Gasteiger partial charge in [-0.1, -0.05) is 50.8 Å². The van der Waals surface area contributed by atoms with Crippen LogP contribution in [0.15, 0.2) is 24.8 Å². The van der Waals surface area contributed by atoms with E-state index < -0.39 is 0 Å². The first-order chi connectivity index (χ1) is 7.27. The minimum Gasteiger partial charge on any atom is -0.103 e. The van der Waals surface area contributed by atoms with Crippen molar-refractivity contribution in [3.63, 3.8) is 0 Å². The van der Waals surface area contributed by atoms with Gasteiger partial charge in [0.25, 0.3) is 0 Å². The van der Waals surface area contributed by atoms with Gasteiger partial charge in [0.1, 0.15) is 0 Å². The van der Waals surface area contributed by atoms with Gasteiger partial charge < -0.3 is 0 Å². The van der Waals surface area contributed by atoms with Crippen LogP contribution in [0.4, 0.5) is 0 Å². The van der Waals surface area contributed by atoms with Crippen molar-refractivity contribution in [3.05, 3.63) is 24.8 Å². The highest BCUT2D eigenvalue weighted by Gasteiger charge is 2.18. The van der Waals surface area contributed by atoms with Crippen LogP contribution in [0.3, 0.4) is 0 Å². The Balaban J connectivity index is 2.29. The van der Waals surface area contributed by atoms with E-state index in [2.05, 4.69) is 38.7 Å². The fourth-order valence-electron chi connectivity index (χ4n) is 2.77. The maximum Gasteiger partial charge on any atom is -0.0176 e. The van der Waals surface area contributed by atoms with Gasteiger partial charge >= 0.3 is 0 Å². The molecule has 1 fully saturated rings. The summed E-state index contributed by atoms with van der Waals surface area (Å²) in [7, 11) is 0. The van der Waals surface area contributed by atoms with E-state index in [1.807, 2.05) is 0 Å². The molecule has 1 rings (SSSR count). The summed E-state index contributed by atoms with van der Waals surface area (Å²) in [5.41, 5.74) is 0. The van der Waals surface area contributed by atoms with Gasteiger partial charge in [0.2, 0.25) is 0 Å². The van der Waals surface area contributed by atoms with Crippen molar-refractivity contribution in [1.82, 2.24) is 0 Å². The second-order valence-electron chi connectivity index (χ2n) is 5.01. The molecule has 0 saturated heterocycles. The Bertz CT molecular complexity index is 196. The highest BCUT2D eigenvalue weighted by molar-refractivity contribution is 4.94. The lowest BCUT2D eigenvalue weighted by Crippen LogP contribution is -2.08. The van der Waals surface area contributed by atoms with Gasteiger partial charge in [-0.15, -0.1) is 6.58 Å². The minimum absolute atomic E-state index is 0.661. The monoisotopic (exact) mass is 206 g/mol. The van der Waals surface area contributed by atoms with Crippen molar-refractivity contribution in [2.24, 2.45) is 17.8 Å². The molecule has 0 aromatic rings. The van der Waals surface area contributed by atoms with Gasteiger partial charge in [0.05, 0.1) is 0 Å². The molecule has 0 amide bonds. The maximum absolute atomic E-state index is 3.98. The van der Waals surface area contributed by atoms with Gasteiger partial charge in [-0.05, 0) is 37.5 Å². The summed E-state index contributed by atoms with van der Waals surface area (Å²) in [6.45, 7) is 8.39. The maximum atomic E-state index is 3.98. The third-order valence-corrected chi connectivity index (χ3v) is 3.86. The van der Waals surface area contributed by atoms with E-state index in [0.717, 1.165) is 5.92 Å². The van der Waals surface area contributed by atoms with Crippen LogP contribution < -0.4 is 0 Å². The molecular weight excluding hydrogens is 180 g/mol. The van der Waals surface area contributed by atoms with E-state index in [1.54, 1.807) is 0 Å². The average molecular weight is 206 g/mol. The van der Waals surface area contributed by atoms with E-state index >= 15 is 0 Å². The molecule has 0 heteroatoms. The quantitative estimate of drug-likeness (QED) is 0.538. The molecule has 2 unspecified atom stereocenters.